The number of halogens is 1. The molecule has 0 saturated carbocycles. The van der Waals surface area contributed by atoms with Gasteiger partial charge in [0.2, 0.25) is 0 Å². The van der Waals surface area contributed by atoms with Crippen LogP contribution in [0.25, 0.3) is 11.1 Å². The zero-order valence-electron chi connectivity index (χ0n) is 20.1. The van der Waals surface area contributed by atoms with Crippen LogP contribution in [0.5, 0.6) is 17.2 Å². The minimum Gasteiger partial charge on any atom is -0.508 e. The van der Waals surface area contributed by atoms with Gasteiger partial charge in [0.05, 0.1) is 0 Å². The number of allylic oxidation sites excluding steroid dienone is 1. The molecule has 180 valence electrons. The number of phenols is 1. The first-order valence-electron chi connectivity index (χ1n) is 12.0. The Hall–Kier alpha value is -3.57. The fourth-order valence-electron chi connectivity index (χ4n) is 4.86. The second-order valence-electron chi connectivity index (χ2n) is 9.42. The maximum Gasteiger partial charge on any atom is 0.150 e. The van der Waals surface area contributed by atoms with E-state index in [1.165, 1.54) is 17.7 Å². The van der Waals surface area contributed by atoms with E-state index in [2.05, 4.69) is 18.4 Å². The predicted molar refractivity (Wildman–Crippen MR) is 137 cm³/mol. The Morgan fingerprint density at radius 2 is 1.86 bits per heavy atom. The Balaban J connectivity index is 1.40. The van der Waals surface area contributed by atoms with Gasteiger partial charge < -0.3 is 14.6 Å². The first kappa shape index (κ1) is 23.2. The molecule has 0 unspecified atom stereocenters. The highest BCUT2D eigenvalue weighted by atomic mass is 19.1. The summed E-state index contributed by atoms with van der Waals surface area (Å²) < 4.78 is 26.2. The quantitative estimate of drug-likeness (QED) is 0.410. The van der Waals surface area contributed by atoms with Gasteiger partial charge in [-0.3, -0.25) is 4.90 Å². The average Bonchev–Trinajstić information content (AvgIpc) is 3.30. The fraction of sp³-hybridized carbons (Fsp3) is 0.267. The molecule has 0 bridgehead atoms. The highest BCUT2D eigenvalue weighted by Gasteiger charge is 2.29. The highest BCUT2D eigenvalue weighted by molar-refractivity contribution is 5.95. The molecule has 0 aromatic heterocycles. The molecule has 3 aromatic carbocycles. The van der Waals surface area contributed by atoms with Crippen LogP contribution in [-0.4, -0.2) is 35.7 Å². The van der Waals surface area contributed by atoms with Gasteiger partial charge >= 0.3 is 0 Å². The summed E-state index contributed by atoms with van der Waals surface area (Å²) in [6.07, 6.45) is 0.688. The van der Waals surface area contributed by atoms with E-state index in [1.54, 1.807) is 30.3 Å². The summed E-state index contributed by atoms with van der Waals surface area (Å²) in [6.45, 7) is 10.9. The zero-order chi connectivity index (χ0) is 24.5. The monoisotopic (exact) mass is 471 g/mol. The van der Waals surface area contributed by atoms with E-state index in [0.29, 0.717) is 18.4 Å². The third kappa shape index (κ3) is 4.82. The number of benzene rings is 3. The summed E-state index contributed by atoms with van der Waals surface area (Å²) >= 11 is 0. The molecule has 1 fully saturated rings. The second-order valence-corrected chi connectivity index (χ2v) is 9.42. The molecule has 2 heterocycles. The van der Waals surface area contributed by atoms with Crippen LogP contribution in [0.3, 0.4) is 0 Å². The van der Waals surface area contributed by atoms with Gasteiger partial charge in [-0.25, -0.2) is 4.39 Å². The van der Waals surface area contributed by atoms with Gasteiger partial charge in [0.1, 0.15) is 35.8 Å². The van der Waals surface area contributed by atoms with E-state index in [-0.39, 0.29) is 17.7 Å². The van der Waals surface area contributed by atoms with Crippen LogP contribution in [-0.2, 0) is 0 Å². The van der Waals surface area contributed by atoms with Crippen LogP contribution in [0.4, 0.5) is 4.39 Å². The SMILES string of the molecule is C=C1CCN([C@@H](C)COc2ccc([C@H]3Oc4ccc(O)cc4C(C)=C3c3ccc(F)cc3)cc2)C1. The minimum atomic E-state index is -0.374. The van der Waals surface area contributed by atoms with Crippen molar-refractivity contribution in [2.24, 2.45) is 0 Å². The Bertz CT molecular complexity index is 1260. The average molecular weight is 472 g/mol. The van der Waals surface area contributed by atoms with E-state index in [0.717, 1.165) is 53.1 Å². The van der Waals surface area contributed by atoms with Gasteiger partial charge in [-0.15, -0.1) is 0 Å². The van der Waals surface area contributed by atoms with Gasteiger partial charge in [0.25, 0.3) is 0 Å². The lowest BCUT2D eigenvalue weighted by atomic mass is 9.86. The molecule has 3 aromatic rings. The van der Waals surface area contributed by atoms with E-state index in [1.807, 2.05) is 31.2 Å². The number of phenolic OH excluding ortho intramolecular Hbond substituents is 1. The molecule has 0 radical (unpaired) electrons. The topological polar surface area (TPSA) is 41.9 Å². The third-order valence-corrected chi connectivity index (χ3v) is 6.91. The normalized spacial score (nSPS) is 18.8. The van der Waals surface area contributed by atoms with Crippen LogP contribution in [0.15, 0.2) is 78.9 Å². The number of hydrogen-bond acceptors (Lipinski definition) is 4. The summed E-state index contributed by atoms with van der Waals surface area (Å²) in [5, 5.41) is 10.0. The Morgan fingerprint density at radius 1 is 1.11 bits per heavy atom. The van der Waals surface area contributed by atoms with Crippen LogP contribution < -0.4 is 9.47 Å². The van der Waals surface area contributed by atoms with Crippen molar-refractivity contribution in [1.82, 2.24) is 4.90 Å². The molecule has 1 N–H and O–H groups in total. The lowest BCUT2D eigenvalue weighted by Gasteiger charge is -2.31. The van der Waals surface area contributed by atoms with Crippen molar-refractivity contribution in [3.8, 4) is 17.2 Å². The molecular formula is C30H30FNO3. The fourth-order valence-corrected chi connectivity index (χ4v) is 4.86. The minimum absolute atomic E-state index is 0.178. The molecule has 0 amide bonds. The Kier molecular flexibility index (Phi) is 6.35. The molecule has 0 aliphatic carbocycles. The maximum absolute atomic E-state index is 13.7. The lowest BCUT2D eigenvalue weighted by Crippen LogP contribution is -2.34. The Labute approximate surface area is 205 Å². The molecule has 5 rings (SSSR count). The summed E-state index contributed by atoms with van der Waals surface area (Å²) in [5.41, 5.74) is 5.90. The predicted octanol–water partition coefficient (Wildman–Crippen LogP) is 6.62. The number of rotatable bonds is 6. The number of aromatic hydroxyl groups is 1. The van der Waals surface area contributed by atoms with Crippen LogP contribution in [0.2, 0.25) is 0 Å². The third-order valence-electron chi connectivity index (χ3n) is 6.91. The van der Waals surface area contributed by atoms with Crippen molar-refractivity contribution < 1.29 is 19.0 Å². The summed E-state index contributed by atoms with van der Waals surface area (Å²) in [6, 6.07) is 19.9. The van der Waals surface area contributed by atoms with Crippen molar-refractivity contribution in [3.05, 3.63) is 101 Å². The molecule has 2 atom stereocenters. The van der Waals surface area contributed by atoms with Crippen molar-refractivity contribution in [1.29, 1.82) is 0 Å². The van der Waals surface area contributed by atoms with E-state index in [9.17, 15) is 9.50 Å². The van der Waals surface area contributed by atoms with Gasteiger partial charge in [-0.05, 0) is 79.4 Å². The van der Waals surface area contributed by atoms with Crippen molar-refractivity contribution in [2.75, 3.05) is 19.7 Å². The molecule has 0 spiro atoms. The smallest absolute Gasteiger partial charge is 0.150 e. The number of ether oxygens (including phenoxy) is 2. The number of hydrogen-bond donors (Lipinski definition) is 1. The van der Waals surface area contributed by atoms with Crippen molar-refractivity contribution in [3.63, 3.8) is 0 Å². The second kappa shape index (κ2) is 9.59. The van der Waals surface area contributed by atoms with Crippen LogP contribution in [0, 0.1) is 5.82 Å². The van der Waals surface area contributed by atoms with E-state index < -0.39 is 0 Å². The lowest BCUT2D eigenvalue weighted by molar-refractivity contribution is 0.175. The number of nitrogens with zero attached hydrogens (tertiary/aromatic N) is 1. The maximum atomic E-state index is 13.7. The highest BCUT2D eigenvalue weighted by Crippen LogP contribution is 2.47. The zero-order valence-corrected chi connectivity index (χ0v) is 20.1. The molecule has 2 aliphatic rings. The first-order chi connectivity index (χ1) is 16.9. The largest absolute Gasteiger partial charge is 0.508 e. The van der Waals surface area contributed by atoms with Gasteiger partial charge in [-0.2, -0.15) is 0 Å². The first-order valence-corrected chi connectivity index (χ1v) is 12.0. The van der Waals surface area contributed by atoms with Crippen molar-refractivity contribution in [2.45, 2.75) is 32.4 Å². The van der Waals surface area contributed by atoms with E-state index in [4.69, 9.17) is 9.47 Å². The van der Waals surface area contributed by atoms with Crippen LogP contribution >= 0.6 is 0 Å². The standard InChI is InChI=1S/C30H30FNO3/c1-19-14-15-32(17-19)20(2)18-34-26-11-6-23(7-12-26)30-29(22-4-8-24(31)9-5-22)21(3)27-16-25(33)10-13-28(27)35-30/h4-13,16,20,30,33H,1,14-15,17-18H2,2-3H3/t20-,30+/m0/s1. The number of likely N-dealkylation sites (tertiary alicyclic amines) is 1. The van der Waals surface area contributed by atoms with Gasteiger partial charge in [0, 0.05) is 30.3 Å². The molecular weight excluding hydrogens is 441 g/mol. The van der Waals surface area contributed by atoms with Gasteiger partial charge in [0.15, 0.2) is 0 Å². The molecule has 5 heteroatoms. The number of fused-ring (bicyclic) bond motifs is 1. The molecule has 1 saturated heterocycles. The summed E-state index contributed by atoms with van der Waals surface area (Å²) in [4.78, 5) is 2.39. The summed E-state index contributed by atoms with van der Waals surface area (Å²) in [5.74, 6) is 1.41. The summed E-state index contributed by atoms with van der Waals surface area (Å²) in [7, 11) is 0. The van der Waals surface area contributed by atoms with Crippen LogP contribution in [0.1, 0.15) is 43.1 Å². The van der Waals surface area contributed by atoms with Gasteiger partial charge in [-0.1, -0.05) is 36.4 Å². The molecule has 2 aliphatic heterocycles. The van der Waals surface area contributed by atoms with Crippen molar-refractivity contribution >= 4 is 11.1 Å². The molecule has 4 nitrogen and oxygen atoms in total. The Morgan fingerprint density at radius 3 is 2.54 bits per heavy atom. The van der Waals surface area contributed by atoms with E-state index >= 15 is 0 Å². The molecule has 35 heavy (non-hydrogen) atoms.